The Labute approximate surface area is 205 Å². The molecule has 7 nitrogen and oxygen atoms in total. The summed E-state index contributed by atoms with van der Waals surface area (Å²) in [6.07, 6.45) is 0. The van der Waals surface area contributed by atoms with E-state index in [1.165, 1.54) is 17.5 Å². The van der Waals surface area contributed by atoms with Gasteiger partial charge in [0.15, 0.2) is 0 Å². The zero-order valence-electron chi connectivity index (χ0n) is 19.9. The number of halogens is 1. The van der Waals surface area contributed by atoms with Crippen LogP contribution >= 0.6 is 0 Å². The molecule has 0 spiro atoms. The quantitative estimate of drug-likeness (QED) is 0.550. The number of carbonyl (C=O) groups is 1. The Hall–Kier alpha value is -3.43. The summed E-state index contributed by atoms with van der Waals surface area (Å²) >= 11 is 0. The first-order valence-electron chi connectivity index (χ1n) is 11.3. The van der Waals surface area contributed by atoms with E-state index >= 15 is 0 Å². The van der Waals surface area contributed by atoms with Crippen LogP contribution in [-0.4, -0.2) is 51.4 Å². The van der Waals surface area contributed by atoms with Gasteiger partial charge in [0, 0.05) is 31.4 Å². The van der Waals surface area contributed by atoms with Crippen LogP contribution in [0.1, 0.15) is 22.8 Å². The van der Waals surface area contributed by atoms with Crippen molar-refractivity contribution in [1.29, 1.82) is 0 Å². The highest BCUT2D eigenvalue weighted by atomic mass is 32.2. The molecule has 35 heavy (non-hydrogen) atoms. The summed E-state index contributed by atoms with van der Waals surface area (Å²) in [5.74, 6) is -1.17. The SMILES string of the molecule is COc1ccccc1NC(=O)c1cc(S(=O)(=O)N2CCN(c3cccc(C)c3)[C@@H](C)C2)ccc1F. The molecule has 184 valence electrons. The summed E-state index contributed by atoms with van der Waals surface area (Å²) in [6.45, 7) is 5.06. The molecule has 1 fully saturated rings. The van der Waals surface area contributed by atoms with Crippen molar-refractivity contribution in [2.75, 3.05) is 37.0 Å². The van der Waals surface area contributed by atoms with Crippen LogP contribution in [0.4, 0.5) is 15.8 Å². The number of hydrogen-bond acceptors (Lipinski definition) is 5. The molecule has 0 radical (unpaired) electrons. The average Bonchev–Trinajstić information content (AvgIpc) is 2.84. The number of amides is 1. The third kappa shape index (κ3) is 5.16. The van der Waals surface area contributed by atoms with Crippen molar-refractivity contribution in [1.82, 2.24) is 4.31 Å². The smallest absolute Gasteiger partial charge is 0.258 e. The molecule has 3 aromatic rings. The molecule has 1 aliphatic heterocycles. The third-order valence-corrected chi connectivity index (χ3v) is 7.96. The Morgan fingerprint density at radius 3 is 2.54 bits per heavy atom. The Kier molecular flexibility index (Phi) is 7.09. The summed E-state index contributed by atoms with van der Waals surface area (Å²) in [4.78, 5) is 14.9. The van der Waals surface area contributed by atoms with Gasteiger partial charge in [0.1, 0.15) is 11.6 Å². The number of piperazine rings is 1. The molecule has 4 rings (SSSR count). The Morgan fingerprint density at radius 1 is 1.06 bits per heavy atom. The number of para-hydroxylation sites is 2. The lowest BCUT2D eigenvalue weighted by molar-refractivity contribution is 0.102. The molecular weight excluding hydrogens is 469 g/mol. The predicted molar refractivity (Wildman–Crippen MR) is 134 cm³/mol. The lowest BCUT2D eigenvalue weighted by Gasteiger charge is -2.40. The second-order valence-corrected chi connectivity index (χ2v) is 10.5. The second kappa shape index (κ2) is 10.1. The van der Waals surface area contributed by atoms with Crippen LogP contribution in [0.3, 0.4) is 0 Å². The van der Waals surface area contributed by atoms with Gasteiger partial charge in [-0.15, -0.1) is 0 Å². The summed E-state index contributed by atoms with van der Waals surface area (Å²) in [5.41, 5.74) is 2.18. The molecule has 9 heteroatoms. The molecule has 0 aromatic heterocycles. The van der Waals surface area contributed by atoms with Gasteiger partial charge < -0.3 is 15.0 Å². The molecule has 0 aliphatic carbocycles. The molecule has 1 amide bonds. The van der Waals surface area contributed by atoms with E-state index in [0.29, 0.717) is 18.0 Å². The number of sulfonamides is 1. The Balaban J connectivity index is 1.55. The molecule has 0 unspecified atom stereocenters. The maximum atomic E-state index is 14.6. The number of aryl methyl sites for hydroxylation is 1. The largest absolute Gasteiger partial charge is 0.495 e. The van der Waals surface area contributed by atoms with Crippen LogP contribution in [0.5, 0.6) is 5.75 Å². The van der Waals surface area contributed by atoms with Crippen LogP contribution < -0.4 is 15.0 Å². The first-order valence-corrected chi connectivity index (χ1v) is 12.7. The molecule has 1 heterocycles. The summed E-state index contributed by atoms with van der Waals surface area (Å²) in [6, 6.07) is 18.0. The number of ether oxygens (including phenoxy) is 1. The van der Waals surface area contributed by atoms with Crippen molar-refractivity contribution in [2.45, 2.75) is 24.8 Å². The first kappa shape index (κ1) is 24.7. The number of methoxy groups -OCH3 is 1. The van der Waals surface area contributed by atoms with Gasteiger partial charge in [0.05, 0.1) is 23.3 Å². The van der Waals surface area contributed by atoms with E-state index in [2.05, 4.69) is 16.3 Å². The van der Waals surface area contributed by atoms with Crippen LogP contribution in [-0.2, 0) is 10.0 Å². The Bertz CT molecular complexity index is 1350. The minimum Gasteiger partial charge on any atom is -0.495 e. The minimum atomic E-state index is -3.93. The van der Waals surface area contributed by atoms with Crippen LogP contribution in [0.2, 0.25) is 0 Å². The van der Waals surface area contributed by atoms with Gasteiger partial charge in [-0.1, -0.05) is 24.3 Å². The van der Waals surface area contributed by atoms with Gasteiger partial charge in [-0.25, -0.2) is 12.8 Å². The van der Waals surface area contributed by atoms with Gasteiger partial charge in [0.2, 0.25) is 10.0 Å². The van der Waals surface area contributed by atoms with E-state index in [0.717, 1.165) is 23.4 Å². The summed E-state index contributed by atoms with van der Waals surface area (Å²) in [7, 11) is -2.48. The topological polar surface area (TPSA) is 78.9 Å². The van der Waals surface area contributed by atoms with Gasteiger partial charge in [-0.3, -0.25) is 4.79 Å². The molecule has 1 saturated heterocycles. The van der Waals surface area contributed by atoms with E-state index in [1.807, 2.05) is 32.0 Å². The van der Waals surface area contributed by atoms with Crippen LogP contribution in [0.25, 0.3) is 0 Å². The number of hydrogen-bond donors (Lipinski definition) is 1. The van der Waals surface area contributed by atoms with Crippen molar-refractivity contribution in [3.05, 3.63) is 83.7 Å². The van der Waals surface area contributed by atoms with Crippen LogP contribution in [0.15, 0.2) is 71.6 Å². The van der Waals surface area contributed by atoms with Gasteiger partial charge in [-0.2, -0.15) is 4.31 Å². The Morgan fingerprint density at radius 2 is 1.83 bits per heavy atom. The predicted octanol–water partition coefficient (Wildman–Crippen LogP) is 4.29. The van der Waals surface area contributed by atoms with E-state index in [1.54, 1.807) is 24.3 Å². The lowest BCUT2D eigenvalue weighted by Crippen LogP contribution is -2.53. The van der Waals surface area contributed by atoms with E-state index in [9.17, 15) is 17.6 Å². The molecule has 1 aliphatic rings. The number of nitrogens with one attached hydrogen (secondary N) is 1. The lowest BCUT2D eigenvalue weighted by atomic mass is 10.1. The maximum Gasteiger partial charge on any atom is 0.258 e. The number of rotatable bonds is 6. The molecule has 0 bridgehead atoms. The number of anilines is 2. The minimum absolute atomic E-state index is 0.0610. The van der Waals surface area contributed by atoms with E-state index in [4.69, 9.17) is 4.74 Å². The van der Waals surface area contributed by atoms with E-state index < -0.39 is 21.7 Å². The maximum absolute atomic E-state index is 14.6. The number of nitrogens with zero attached hydrogens (tertiary/aromatic N) is 2. The fourth-order valence-corrected chi connectivity index (χ4v) is 5.80. The summed E-state index contributed by atoms with van der Waals surface area (Å²) < 4.78 is 48.0. The third-order valence-electron chi connectivity index (χ3n) is 6.10. The van der Waals surface area contributed by atoms with Crippen LogP contribution in [0, 0.1) is 12.7 Å². The first-order chi connectivity index (χ1) is 16.7. The zero-order chi connectivity index (χ0) is 25.2. The molecule has 3 aromatic carbocycles. The monoisotopic (exact) mass is 497 g/mol. The molecular formula is C26H28FN3O4S. The molecule has 1 N–H and O–H groups in total. The second-order valence-electron chi connectivity index (χ2n) is 8.54. The highest BCUT2D eigenvalue weighted by Crippen LogP contribution is 2.27. The van der Waals surface area contributed by atoms with E-state index in [-0.39, 0.29) is 29.6 Å². The molecule has 1 atom stereocenters. The fraction of sp³-hybridized carbons (Fsp3) is 0.269. The highest BCUT2D eigenvalue weighted by Gasteiger charge is 2.33. The van der Waals surface area contributed by atoms with Gasteiger partial charge >= 0.3 is 0 Å². The van der Waals surface area contributed by atoms with Crippen molar-refractivity contribution in [3.8, 4) is 5.75 Å². The van der Waals surface area contributed by atoms with Crippen molar-refractivity contribution >= 4 is 27.3 Å². The number of benzene rings is 3. The van der Waals surface area contributed by atoms with Gasteiger partial charge in [-0.05, 0) is 61.9 Å². The zero-order valence-corrected chi connectivity index (χ0v) is 20.7. The van der Waals surface area contributed by atoms with Crippen molar-refractivity contribution in [3.63, 3.8) is 0 Å². The highest BCUT2D eigenvalue weighted by molar-refractivity contribution is 7.89. The molecule has 0 saturated carbocycles. The summed E-state index contributed by atoms with van der Waals surface area (Å²) in [5, 5.41) is 2.59. The normalized spacial score (nSPS) is 16.7. The fourth-order valence-electron chi connectivity index (χ4n) is 4.26. The van der Waals surface area contributed by atoms with Crippen molar-refractivity contribution in [2.24, 2.45) is 0 Å². The average molecular weight is 498 g/mol. The van der Waals surface area contributed by atoms with Crippen molar-refractivity contribution < 1.29 is 22.3 Å². The number of carbonyl (C=O) groups excluding carboxylic acids is 1. The standard InChI is InChI=1S/C26H28FN3O4S/c1-18-7-6-8-20(15-18)30-14-13-29(17-19(30)2)35(32,33)21-11-12-23(27)22(16-21)26(31)28-24-9-4-5-10-25(24)34-3/h4-12,15-16,19H,13-14,17H2,1-3H3,(H,28,31)/t19-/m0/s1. The van der Waals surface area contributed by atoms with Gasteiger partial charge in [0.25, 0.3) is 5.91 Å².